The van der Waals surface area contributed by atoms with Crippen molar-refractivity contribution in [3.63, 3.8) is 0 Å². The van der Waals surface area contributed by atoms with E-state index in [0.717, 1.165) is 0 Å². The van der Waals surface area contributed by atoms with Crippen LogP contribution in [0.2, 0.25) is 23.2 Å². The highest BCUT2D eigenvalue weighted by Crippen LogP contribution is 2.42. The molecule has 1 aliphatic heterocycles. The topological polar surface area (TPSA) is 62.3 Å². The smallest absolute Gasteiger partial charge is 0.411 e. The molecular formula is C35H45F3N2O2Si2. The third kappa shape index (κ3) is 7.06. The minimum atomic E-state index is -4.44. The standard InChI is InChI=1S/C35H45F3N2O2Si2/c1-32(2,3)43(7,8)42-29(17-15-16-27-22-24-28(25-23-27)34(39-40-34)35(36,37)38)26-41-44(33(4,5)6,30-18-11-9-12-19-30)31-20-13-10-14-21-31/h9-14,18-25,29,39-40H,17,26H2,1-8H3/t29-/m0/s1. The highest BCUT2D eigenvalue weighted by molar-refractivity contribution is 6.99. The molecule has 0 aliphatic carbocycles. The average molecular weight is 639 g/mol. The molecule has 0 radical (unpaired) electrons. The van der Waals surface area contributed by atoms with Gasteiger partial charge < -0.3 is 8.85 Å². The fourth-order valence-corrected chi connectivity index (χ4v) is 11.2. The largest absolute Gasteiger partial charge is 0.426 e. The van der Waals surface area contributed by atoms with Crippen LogP contribution in [0.25, 0.3) is 0 Å². The fourth-order valence-electron chi connectivity index (χ4n) is 5.29. The first-order valence-corrected chi connectivity index (χ1v) is 19.9. The highest BCUT2D eigenvalue weighted by atomic mass is 28.4. The Balaban J connectivity index is 1.64. The number of hydrogen-bond acceptors (Lipinski definition) is 4. The van der Waals surface area contributed by atoms with E-state index in [1.807, 2.05) is 12.1 Å². The lowest BCUT2D eigenvalue weighted by Crippen LogP contribution is -2.67. The monoisotopic (exact) mass is 638 g/mol. The number of rotatable bonds is 9. The summed E-state index contributed by atoms with van der Waals surface area (Å²) in [4.78, 5) is 0. The van der Waals surface area contributed by atoms with Crippen LogP contribution >= 0.6 is 0 Å². The Bertz CT molecular complexity index is 1410. The van der Waals surface area contributed by atoms with Gasteiger partial charge in [-0.2, -0.15) is 13.2 Å². The maximum Gasteiger partial charge on any atom is 0.426 e. The highest BCUT2D eigenvalue weighted by Gasteiger charge is 2.65. The van der Waals surface area contributed by atoms with Gasteiger partial charge in [0, 0.05) is 12.0 Å². The first-order valence-electron chi connectivity index (χ1n) is 15.1. The van der Waals surface area contributed by atoms with E-state index in [0.29, 0.717) is 18.6 Å². The van der Waals surface area contributed by atoms with Crippen molar-refractivity contribution >= 4 is 27.0 Å². The van der Waals surface area contributed by atoms with Crippen molar-refractivity contribution < 1.29 is 22.0 Å². The molecule has 1 heterocycles. The molecule has 0 unspecified atom stereocenters. The predicted octanol–water partition coefficient (Wildman–Crippen LogP) is 7.22. The molecule has 2 N–H and O–H groups in total. The summed E-state index contributed by atoms with van der Waals surface area (Å²) in [6.45, 7) is 18.2. The lowest BCUT2D eigenvalue weighted by molar-refractivity contribution is -0.165. The molecule has 44 heavy (non-hydrogen) atoms. The Morgan fingerprint density at radius 1 is 0.750 bits per heavy atom. The van der Waals surface area contributed by atoms with Gasteiger partial charge in [-0.1, -0.05) is 126 Å². The van der Waals surface area contributed by atoms with E-state index in [4.69, 9.17) is 8.85 Å². The molecule has 9 heteroatoms. The van der Waals surface area contributed by atoms with Gasteiger partial charge in [0.1, 0.15) is 0 Å². The van der Waals surface area contributed by atoms with Crippen LogP contribution < -0.4 is 21.2 Å². The van der Waals surface area contributed by atoms with Gasteiger partial charge in [0.2, 0.25) is 5.66 Å². The van der Waals surface area contributed by atoms with Gasteiger partial charge in [0.25, 0.3) is 8.32 Å². The molecule has 0 bridgehead atoms. The second-order valence-corrected chi connectivity index (χ2v) is 23.1. The number of benzene rings is 3. The Labute approximate surface area is 263 Å². The maximum absolute atomic E-state index is 13.5. The summed E-state index contributed by atoms with van der Waals surface area (Å²) in [6, 6.07) is 27.2. The van der Waals surface area contributed by atoms with E-state index in [1.165, 1.54) is 22.5 Å². The van der Waals surface area contributed by atoms with E-state index in [9.17, 15) is 13.2 Å². The molecule has 0 aromatic heterocycles. The normalized spacial score (nSPS) is 16.2. The summed E-state index contributed by atoms with van der Waals surface area (Å²) in [5.41, 5.74) is 3.05. The molecule has 1 fully saturated rings. The summed E-state index contributed by atoms with van der Waals surface area (Å²) in [5, 5.41) is 2.22. The molecule has 3 aromatic carbocycles. The quantitative estimate of drug-likeness (QED) is 0.148. The number of hydrogen-bond donors (Lipinski definition) is 2. The van der Waals surface area contributed by atoms with E-state index >= 15 is 0 Å². The van der Waals surface area contributed by atoms with Crippen molar-refractivity contribution in [1.29, 1.82) is 0 Å². The molecule has 0 spiro atoms. The van der Waals surface area contributed by atoms with E-state index in [-0.39, 0.29) is 21.7 Å². The Morgan fingerprint density at radius 3 is 1.66 bits per heavy atom. The van der Waals surface area contributed by atoms with E-state index in [2.05, 4.69) is 126 Å². The Hall–Kier alpha value is -2.72. The SMILES string of the molecule is CC(C)(C)[Si](C)(C)O[C@@H](CC#Cc1ccc(C2(C(F)(F)F)NN2)cc1)CO[Si](c1ccccc1)(c1ccccc1)C(C)(C)C. The fraction of sp³-hybridized carbons (Fsp3) is 0.429. The molecule has 1 saturated heterocycles. The number of halogens is 3. The van der Waals surface area contributed by atoms with Crippen LogP contribution in [-0.4, -0.2) is 35.5 Å². The lowest BCUT2D eigenvalue weighted by Gasteiger charge is -2.45. The van der Waals surface area contributed by atoms with E-state index < -0.39 is 28.5 Å². The second kappa shape index (κ2) is 12.6. The second-order valence-electron chi connectivity index (χ2n) is 14.1. The zero-order valence-electron chi connectivity index (χ0n) is 27.0. The van der Waals surface area contributed by atoms with Gasteiger partial charge in [-0.05, 0) is 51.2 Å². The van der Waals surface area contributed by atoms with Crippen LogP contribution in [0.3, 0.4) is 0 Å². The van der Waals surface area contributed by atoms with Gasteiger partial charge in [-0.25, -0.2) is 10.9 Å². The van der Waals surface area contributed by atoms with Gasteiger partial charge in [0.05, 0.1) is 12.7 Å². The third-order valence-electron chi connectivity index (χ3n) is 8.85. The van der Waals surface area contributed by atoms with Crippen LogP contribution in [0.4, 0.5) is 13.2 Å². The summed E-state index contributed by atoms with van der Waals surface area (Å²) in [5.74, 6) is 6.41. The number of alkyl halides is 3. The zero-order chi connectivity index (χ0) is 32.4. The molecule has 0 saturated carbocycles. The third-order valence-corrected chi connectivity index (χ3v) is 18.4. The molecule has 236 valence electrons. The van der Waals surface area contributed by atoms with Gasteiger partial charge in [-0.15, -0.1) is 0 Å². The minimum Gasteiger partial charge on any atom is -0.411 e. The zero-order valence-corrected chi connectivity index (χ0v) is 29.0. The van der Waals surface area contributed by atoms with Crippen molar-refractivity contribution in [1.82, 2.24) is 10.9 Å². The van der Waals surface area contributed by atoms with Crippen molar-refractivity contribution in [2.45, 2.75) is 89.1 Å². The lowest BCUT2D eigenvalue weighted by atomic mass is 10.0. The number of nitrogens with one attached hydrogen (secondary N) is 2. The first-order chi connectivity index (χ1) is 20.4. The molecule has 3 aromatic rings. The molecule has 0 amide bonds. The average Bonchev–Trinajstić information content (AvgIpc) is 3.76. The van der Waals surface area contributed by atoms with Crippen LogP contribution in [0.1, 0.15) is 59.1 Å². The summed E-state index contributed by atoms with van der Waals surface area (Å²) in [6.07, 6.45) is -4.29. The van der Waals surface area contributed by atoms with Crippen molar-refractivity contribution in [2.75, 3.05) is 6.61 Å². The predicted molar refractivity (Wildman–Crippen MR) is 178 cm³/mol. The summed E-state index contributed by atoms with van der Waals surface area (Å²) < 4.78 is 54.6. The van der Waals surface area contributed by atoms with Crippen LogP contribution in [0.15, 0.2) is 84.9 Å². The minimum absolute atomic E-state index is 0.00869. The molecular weight excluding hydrogens is 594 g/mol. The Kier molecular flexibility index (Phi) is 9.77. The summed E-state index contributed by atoms with van der Waals surface area (Å²) >= 11 is 0. The van der Waals surface area contributed by atoms with Crippen LogP contribution in [0.5, 0.6) is 0 Å². The van der Waals surface area contributed by atoms with Crippen molar-refractivity contribution in [3.05, 3.63) is 96.1 Å². The molecule has 1 aliphatic rings. The molecule has 4 rings (SSSR count). The summed E-state index contributed by atoms with van der Waals surface area (Å²) in [7, 11) is -4.98. The molecule has 1 atom stereocenters. The van der Waals surface area contributed by atoms with Crippen LogP contribution in [0, 0.1) is 11.8 Å². The van der Waals surface area contributed by atoms with Crippen molar-refractivity contribution in [2.24, 2.45) is 0 Å². The van der Waals surface area contributed by atoms with Gasteiger partial charge in [0.15, 0.2) is 8.32 Å². The Morgan fingerprint density at radius 2 is 1.25 bits per heavy atom. The van der Waals surface area contributed by atoms with Gasteiger partial charge in [-0.3, -0.25) is 0 Å². The van der Waals surface area contributed by atoms with Crippen LogP contribution in [-0.2, 0) is 14.5 Å². The molecule has 4 nitrogen and oxygen atoms in total. The number of hydrazine groups is 1. The first kappa shape index (κ1) is 34.2. The maximum atomic E-state index is 13.5. The van der Waals surface area contributed by atoms with E-state index in [1.54, 1.807) is 12.1 Å². The van der Waals surface area contributed by atoms with Crippen molar-refractivity contribution in [3.8, 4) is 11.8 Å². The van der Waals surface area contributed by atoms with Gasteiger partial charge >= 0.3 is 6.18 Å².